The number of nitrogens with one attached hydrogen (secondary N) is 1. The molecule has 1 aliphatic carbocycles. The second-order valence-corrected chi connectivity index (χ2v) is 7.29. The van der Waals surface area contributed by atoms with Gasteiger partial charge in [-0.1, -0.05) is 33.1 Å². The van der Waals surface area contributed by atoms with Crippen molar-refractivity contribution in [2.75, 3.05) is 12.4 Å². The summed E-state index contributed by atoms with van der Waals surface area (Å²) in [6.45, 7) is 3.40. The lowest BCUT2D eigenvalue weighted by molar-refractivity contribution is 0.178. The number of hydrogen-bond acceptors (Lipinski definition) is 3. The topological polar surface area (TPSA) is 66.4 Å². The van der Waals surface area contributed by atoms with E-state index in [1.807, 2.05) is 0 Å². The predicted molar refractivity (Wildman–Crippen MR) is 64.7 cm³/mol. The molecule has 1 saturated carbocycles. The monoisotopic (exact) mass is 249 g/mol. The van der Waals surface area contributed by atoms with E-state index in [9.17, 15) is 8.42 Å². The maximum atomic E-state index is 11.9. The highest BCUT2D eigenvalue weighted by Crippen LogP contribution is 2.20. The average Bonchev–Trinajstić information content (AvgIpc) is 2.17. The van der Waals surface area contributed by atoms with Crippen molar-refractivity contribution < 1.29 is 13.5 Å². The van der Waals surface area contributed by atoms with Gasteiger partial charge in [0, 0.05) is 18.1 Å². The van der Waals surface area contributed by atoms with Crippen LogP contribution in [0.4, 0.5) is 0 Å². The molecule has 0 spiro atoms. The molecule has 0 bridgehead atoms. The highest BCUT2D eigenvalue weighted by atomic mass is 32.2. The van der Waals surface area contributed by atoms with E-state index in [4.69, 9.17) is 5.11 Å². The molecule has 1 fully saturated rings. The molecule has 0 unspecified atom stereocenters. The maximum absolute atomic E-state index is 11.9. The number of sulfonamides is 1. The molecule has 0 amide bonds. The molecular formula is C11H23NO3S. The summed E-state index contributed by atoms with van der Waals surface area (Å²) < 4.78 is 26.4. The average molecular weight is 249 g/mol. The van der Waals surface area contributed by atoms with Crippen LogP contribution in [0.5, 0.6) is 0 Å². The SMILES string of the molecule is CC(C)(CO)CS(=O)(=O)NC1CCCCC1. The van der Waals surface area contributed by atoms with Crippen molar-refractivity contribution in [2.24, 2.45) is 5.41 Å². The molecule has 0 saturated heterocycles. The third-order valence-corrected chi connectivity index (χ3v) is 4.81. The van der Waals surface area contributed by atoms with Gasteiger partial charge >= 0.3 is 0 Å². The van der Waals surface area contributed by atoms with Gasteiger partial charge in [-0.15, -0.1) is 0 Å². The van der Waals surface area contributed by atoms with Gasteiger partial charge in [-0.05, 0) is 12.8 Å². The first kappa shape index (κ1) is 13.9. The van der Waals surface area contributed by atoms with Crippen LogP contribution in [0.3, 0.4) is 0 Å². The summed E-state index contributed by atoms with van der Waals surface area (Å²) in [6, 6.07) is 0.105. The first-order chi connectivity index (χ1) is 7.35. The highest BCUT2D eigenvalue weighted by molar-refractivity contribution is 7.89. The van der Waals surface area contributed by atoms with E-state index in [1.54, 1.807) is 13.8 Å². The molecule has 0 aromatic rings. The zero-order valence-corrected chi connectivity index (χ0v) is 11.0. The lowest BCUT2D eigenvalue weighted by Crippen LogP contribution is -2.41. The van der Waals surface area contributed by atoms with E-state index in [2.05, 4.69) is 4.72 Å². The molecule has 5 heteroatoms. The van der Waals surface area contributed by atoms with Crippen molar-refractivity contribution in [2.45, 2.75) is 52.0 Å². The molecule has 0 aromatic carbocycles. The van der Waals surface area contributed by atoms with Gasteiger partial charge in [0.25, 0.3) is 0 Å². The summed E-state index contributed by atoms with van der Waals surface area (Å²) >= 11 is 0. The minimum absolute atomic E-state index is 0.00694. The smallest absolute Gasteiger partial charge is 0.212 e. The van der Waals surface area contributed by atoms with Crippen LogP contribution in [0.1, 0.15) is 46.0 Å². The lowest BCUT2D eigenvalue weighted by Gasteiger charge is -2.26. The van der Waals surface area contributed by atoms with E-state index >= 15 is 0 Å². The Kier molecular flexibility index (Phi) is 4.76. The molecule has 0 aromatic heterocycles. The minimum Gasteiger partial charge on any atom is -0.396 e. The van der Waals surface area contributed by atoms with Gasteiger partial charge in [0.2, 0.25) is 10.0 Å². The fourth-order valence-corrected chi connectivity index (χ4v) is 4.02. The minimum atomic E-state index is -3.26. The molecule has 2 N–H and O–H groups in total. The standard InChI is InChI=1S/C11H23NO3S/c1-11(2,8-13)9-16(14,15)12-10-6-4-3-5-7-10/h10,12-13H,3-9H2,1-2H3. The molecule has 1 aliphatic rings. The summed E-state index contributed by atoms with van der Waals surface area (Å²) in [7, 11) is -3.26. The Morgan fingerprint density at radius 2 is 1.81 bits per heavy atom. The Hall–Kier alpha value is -0.130. The number of aliphatic hydroxyl groups is 1. The fourth-order valence-electron chi connectivity index (χ4n) is 2.08. The van der Waals surface area contributed by atoms with Crippen LogP contribution >= 0.6 is 0 Å². The Labute approximate surface area is 98.5 Å². The number of hydrogen-bond donors (Lipinski definition) is 2. The van der Waals surface area contributed by atoms with Crippen LogP contribution in [0.15, 0.2) is 0 Å². The predicted octanol–water partition coefficient (Wildman–Crippen LogP) is 1.26. The van der Waals surface area contributed by atoms with Crippen LogP contribution in [-0.2, 0) is 10.0 Å². The zero-order chi connectivity index (χ0) is 12.2. The van der Waals surface area contributed by atoms with Crippen LogP contribution in [0, 0.1) is 5.41 Å². The third kappa shape index (κ3) is 4.80. The molecule has 0 aliphatic heterocycles. The van der Waals surface area contributed by atoms with Crippen molar-refractivity contribution in [1.82, 2.24) is 4.72 Å². The van der Waals surface area contributed by atoms with Crippen molar-refractivity contribution in [3.8, 4) is 0 Å². The first-order valence-corrected chi connectivity index (χ1v) is 7.61. The number of rotatable bonds is 5. The summed E-state index contributed by atoms with van der Waals surface area (Å²) in [6.07, 6.45) is 5.31. The Bertz CT molecular complexity index is 305. The molecule has 1 rings (SSSR count). The Balaban J connectivity index is 2.50. The molecule has 96 valence electrons. The molecule has 0 atom stereocenters. The van der Waals surface area contributed by atoms with E-state index in [-0.39, 0.29) is 18.4 Å². The van der Waals surface area contributed by atoms with Crippen LogP contribution in [0.25, 0.3) is 0 Å². The van der Waals surface area contributed by atoms with Gasteiger partial charge in [0.1, 0.15) is 0 Å². The van der Waals surface area contributed by atoms with Crippen molar-refractivity contribution >= 4 is 10.0 Å². The van der Waals surface area contributed by atoms with Crippen LogP contribution in [-0.4, -0.2) is 31.9 Å². The fraction of sp³-hybridized carbons (Fsp3) is 1.00. The molecule has 4 nitrogen and oxygen atoms in total. The Morgan fingerprint density at radius 1 is 1.25 bits per heavy atom. The van der Waals surface area contributed by atoms with Crippen molar-refractivity contribution in [1.29, 1.82) is 0 Å². The van der Waals surface area contributed by atoms with Crippen molar-refractivity contribution in [3.63, 3.8) is 0 Å². The summed E-state index contributed by atoms with van der Waals surface area (Å²) in [4.78, 5) is 0. The highest BCUT2D eigenvalue weighted by Gasteiger charge is 2.27. The third-order valence-electron chi connectivity index (χ3n) is 2.96. The molecule has 0 heterocycles. The van der Waals surface area contributed by atoms with E-state index in [0.717, 1.165) is 25.7 Å². The van der Waals surface area contributed by atoms with Gasteiger partial charge in [-0.25, -0.2) is 13.1 Å². The summed E-state index contributed by atoms with van der Waals surface area (Å²) in [5.74, 6) is -0.00694. The van der Waals surface area contributed by atoms with Crippen LogP contribution < -0.4 is 4.72 Å². The molecular weight excluding hydrogens is 226 g/mol. The van der Waals surface area contributed by atoms with Crippen LogP contribution in [0.2, 0.25) is 0 Å². The first-order valence-electron chi connectivity index (χ1n) is 5.95. The van der Waals surface area contributed by atoms with Gasteiger partial charge in [-0.3, -0.25) is 0 Å². The molecule has 16 heavy (non-hydrogen) atoms. The van der Waals surface area contributed by atoms with Gasteiger partial charge in [0.15, 0.2) is 0 Å². The van der Waals surface area contributed by atoms with Gasteiger partial charge in [-0.2, -0.15) is 0 Å². The zero-order valence-electron chi connectivity index (χ0n) is 10.2. The molecule has 0 radical (unpaired) electrons. The second-order valence-electron chi connectivity index (χ2n) is 5.53. The van der Waals surface area contributed by atoms with E-state index in [1.165, 1.54) is 6.42 Å². The number of aliphatic hydroxyl groups excluding tert-OH is 1. The summed E-state index contributed by atoms with van der Waals surface area (Å²) in [5.41, 5.74) is -0.569. The Morgan fingerprint density at radius 3 is 2.31 bits per heavy atom. The summed E-state index contributed by atoms with van der Waals surface area (Å²) in [5, 5.41) is 9.07. The maximum Gasteiger partial charge on any atom is 0.212 e. The second kappa shape index (κ2) is 5.47. The largest absolute Gasteiger partial charge is 0.396 e. The van der Waals surface area contributed by atoms with E-state index < -0.39 is 15.4 Å². The normalized spacial score (nSPS) is 19.9. The quantitative estimate of drug-likeness (QED) is 0.771. The lowest BCUT2D eigenvalue weighted by atomic mass is 9.96. The van der Waals surface area contributed by atoms with Crippen molar-refractivity contribution in [3.05, 3.63) is 0 Å². The van der Waals surface area contributed by atoms with Gasteiger partial charge < -0.3 is 5.11 Å². The van der Waals surface area contributed by atoms with Gasteiger partial charge in [0.05, 0.1) is 5.75 Å². The van der Waals surface area contributed by atoms with E-state index in [0.29, 0.717) is 0 Å².